The fourth-order valence-electron chi connectivity index (χ4n) is 3.11. The average Bonchev–Trinajstić information content (AvgIpc) is 2.73. The van der Waals surface area contributed by atoms with Crippen LogP contribution >= 0.6 is 0 Å². The molecule has 0 bridgehead atoms. The van der Waals surface area contributed by atoms with E-state index in [1.54, 1.807) is 23.4 Å². The molecule has 3 rings (SSSR count). The lowest BCUT2D eigenvalue weighted by molar-refractivity contribution is 0.0633. The molecule has 2 heterocycles. The van der Waals surface area contributed by atoms with Gasteiger partial charge in [-0.25, -0.2) is 13.1 Å². The highest BCUT2D eigenvalue weighted by molar-refractivity contribution is 7.89. The number of nitrogens with one attached hydrogen (secondary N) is 2. The molecular formula is C18H22N4O4S. The van der Waals surface area contributed by atoms with E-state index >= 15 is 0 Å². The van der Waals surface area contributed by atoms with Crippen molar-refractivity contribution in [3.63, 3.8) is 0 Å². The van der Waals surface area contributed by atoms with Crippen molar-refractivity contribution in [3.05, 3.63) is 53.9 Å². The van der Waals surface area contributed by atoms with Gasteiger partial charge < -0.3 is 15.0 Å². The Bertz CT molecular complexity index is 918. The van der Waals surface area contributed by atoms with Crippen LogP contribution in [0, 0.1) is 0 Å². The molecule has 144 valence electrons. The van der Waals surface area contributed by atoms with Crippen LogP contribution in [0.3, 0.4) is 0 Å². The lowest BCUT2D eigenvalue weighted by atomic mass is 10.0. The fraction of sp³-hybridized carbons (Fsp3) is 0.333. The first kappa shape index (κ1) is 19.3. The zero-order valence-corrected chi connectivity index (χ0v) is 16.0. The summed E-state index contributed by atoms with van der Waals surface area (Å²) in [5, 5.41) is 3.29. The third kappa shape index (κ3) is 3.95. The Labute approximate surface area is 158 Å². The Morgan fingerprint density at radius 1 is 1.37 bits per heavy atom. The molecule has 1 unspecified atom stereocenters. The molecule has 1 amide bonds. The molecule has 1 aromatic heterocycles. The number of aromatic nitrogens is 1. The van der Waals surface area contributed by atoms with E-state index in [0.717, 1.165) is 5.56 Å². The molecule has 8 nitrogen and oxygen atoms in total. The maximum Gasteiger partial charge on any atom is 0.254 e. The van der Waals surface area contributed by atoms with E-state index in [1.165, 1.54) is 26.3 Å². The lowest BCUT2D eigenvalue weighted by Crippen LogP contribution is -2.48. The number of carbonyl (C=O) groups is 1. The number of piperazine rings is 1. The third-order valence-corrected chi connectivity index (χ3v) is 5.98. The standard InChI is InChI=1S/C18H22N4O4S/c1-19-27(24,25)17-10-13(5-6-16(17)26-2)18(23)22-9-8-21-12-15(22)14-4-3-7-20-11-14/h3-7,10-11,15,19,21H,8-9,12H2,1-2H3. The number of sulfonamides is 1. The maximum atomic E-state index is 13.2. The van der Waals surface area contributed by atoms with Crippen LogP contribution < -0.4 is 14.8 Å². The Hall–Kier alpha value is -2.49. The van der Waals surface area contributed by atoms with Crippen LogP contribution in [-0.2, 0) is 10.0 Å². The van der Waals surface area contributed by atoms with E-state index < -0.39 is 10.0 Å². The second-order valence-electron chi connectivity index (χ2n) is 6.08. The zero-order valence-electron chi connectivity index (χ0n) is 15.2. The highest BCUT2D eigenvalue weighted by atomic mass is 32.2. The molecule has 1 saturated heterocycles. The second kappa shape index (κ2) is 8.03. The van der Waals surface area contributed by atoms with Crippen molar-refractivity contribution in [1.29, 1.82) is 0 Å². The predicted molar refractivity (Wildman–Crippen MR) is 100 cm³/mol. The lowest BCUT2D eigenvalue weighted by Gasteiger charge is -2.36. The van der Waals surface area contributed by atoms with Crippen LogP contribution in [0.5, 0.6) is 5.75 Å². The summed E-state index contributed by atoms with van der Waals surface area (Å²) in [6.45, 7) is 1.79. The number of hydrogen-bond donors (Lipinski definition) is 2. The summed E-state index contributed by atoms with van der Waals surface area (Å²) in [5.74, 6) is -0.0504. The minimum absolute atomic E-state index is 0.0635. The Kier molecular flexibility index (Phi) is 5.73. The first-order chi connectivity index (χ1) is 13.0. The minimum atomic E-state index is -3.76. The summed E-state index contributed by atoms with van der Waals surface area (Å²) in [6.07, 6.45) is 3.42. The van der Waals surface area contributed by atoms with Crippen LogP contribution in [0.15, 0.2) is 47.6 Å². The highest BCUT2D eigenvalue weighted by Gasteiger charge is 2.30. The summed E-state index contributed by atoms with van der Waals surface area (Å²) in [7, 11) is -1.05. The van der Waals surface area contributed by atoms with Gasteiger partial charge in [-0.15, -0.1) is 0 Å². The molecule has 1 aliphatic rings. The van der Waals surface area contributed by atoms with Gasteiger partial charge in [-0.3, -0.25) is 9.78 Å². The monoisotopic (exact) mass is 390 g/mol. The van der Waals surface area contributed by atoms with E-state index in [9.17, 15) is 13.2 Å². The second-order valence-corrected chi connectivity index (χ2v) is 7.93. The van der Waals surface area contributed by atoms with Gasteiger partial charge in [0.25, 0.3) is 5.91 Å². The van der Waals surface area contributed by atoms with Crippen molar-refractivity contribution in [2.75, 3.05) is 33.8 Å². The van der Waals surface area contributed by atoms with Gasteiger partial charge in [0, 0.05) is 37.6 Å². The first-order valence-electron chi connectivity index (χ1n) is 8.51. The van der Waals surface area contributed by atoms with Gasteiger partial charge in [0.05, 0.1) is 13.2 Å². The van der Waals surface area contributed by atoms with Gasteiger partial charge >= 0.3 is 0 Å². The number of ether oxygens (including phenoxy) is 1. The minimum Gasteiger partial charge on any atom is -0.495 e. The first-order valence-corrected chi connectivity index (χ1v) is 9.99. The number of hydrogen-bond acceptors (Lipinski definition) is 6. The molecule has 9 heteroatoms. The summed E-state index contributed by atoms with van der Waals surface area (Å²) in [6, 6.07) is 8.02. The van der Waals surface area contributed by atoms with Gasteiger partial charge in [-0.2, -0.15) is 0 Å². The molecule has 2 aromatic rings. The Morgan fingerprint density at radius 2 is 2.19 bits per heavy atom. The topological polar surface area (TPSA) is 101 Å². The van der Waals surface area contributed by atoms with Crippen molar-refractivity contribution in [1.82, 2.24) is 19.9 Å². The Balaban J connectivity index is 1.98. The van der Waals surface area contributed by atoms with Crippen LogP contribution in [-0.4, -0.2) is 58.0 Å². The number of rotatable bonds is 5. The van der Waals surface area contributed by atoms with Crippen molar-refractivity contribution in [3.8, 4) is 5.75 Å². The molecule has 0 saturated carbocycles. The molecular weight excluding hydrogens is 368 g/mol. The van der Waals surface area contributed by atoms with Crippen LogP contribution in [0.1, 0.15) is 22.0 Å². The van der Waals surface area contributed by atoms with Gasteiger partial charge in [-0.1, -0.05) is 6.07 Å². The smallest absolute Gasteiger partial charge is 0.254 e. The van der Waals surface area contributed by atoms with E-state index in [4.69, 9.17) is 4.74 Å². The number of carbonyl (C=O) groups excluding carboxylic acids is 1. The van der Waals surface area contributed by atoms with E-state index in [2.05, 4.69) is 15.0 Å². The molecule has 0 spiro atoms. The molecule has 0 radical (unpaired) electrons. The van der Waals surface area contributed by atoms with Crippen molar-refractivity contribution in [2.24, 2.45) is 0 Å². The summed E-state index contributed by atoms with van der Waals surface area (Å²) >= 11 is 0. The van der Waals surface area contributed by atoms with E-state index in [0.29, 0.717) is 25.2 Å². The quantitative estimate of drug-likeness (QED) is 0.783. The van der Waals surface area contributed by atoms with E-state index in [1.807, 2.05) is 12.1 Å². The van der Waals surface area contributed by atoms with Gasteiger partial charge in [0.1, 0.15) is 10.6 Å². The van der Waals surface area contributed by atoms with Crippen LogP contribution in [0.25, 0.3) is 0 Å². The average molecular weight is 390 g/mol. The molecule has 1 atom stereocenters. The summed E-state index contributed by atoms with van der Waals surface area (Å²) in [4.78, 5) is 19.0. The van der Waals surface area contributed by atoms with E-state index in [-0.39, 0.29) is 22.6 Å². The molecule has 1 aliphatic heterocycles. The largest absolute Gasteiger partial charge is 0.495 e. The Morgan fingerprint density at radius 3 is 2.85 bits per heavy atom. The van der Waals surface area contributed by atoms with Gasteiger partial charge in [-0.05, 0) is 36.9 Å². The number of methoxy groups -OCH3 is 1. The van der Waals surface area contributed by atoms with Gasteiger partial charge in [0.2, 0.25) is 10.0 Å². The van der Waals surface area contributed by atoms with Crippen LogP contribution in [0.4, 0.5) is 0 Å². The highest BCUT2D eigenvalue weighted by Crippen LogP contribution is 2.28. The van der Waals surface area contributed by atoms with Crippen molar-refractivity contribution in [2.45, 2.75) is 10.9 Å². The zero-order chi connectivity index (χ0) is 19.4. The third-order valence-electron chi connectivity index (χ3n) is 4.54. The molecule has 1 aromatic carbocycles. The molecule has 1 fully saturated rings. The maximum absolute atomic E-state index is 13.2. The number of benzene rings is 1. The number of pyridine rings is 1. The van der Waals surface area contributed by atoms with Crippen molar-refractivity contribution >= 4 is 15.9 Å². The molecule has 0 aliphatic carbocycles. The normalized spacial score (nSPS) is 17.6. The molecule has 27 heavy (non-hydrogen) atoms. The fourth-order valence-corrected chi connectivity index (χ4v) is 4.03. The van der Waals surface area contributed by atoms with Crippen molar-refractivity contribution < 1.29 is 17.9 Å². The predicted octanol–water partition coefficient (Wildman–Crippen LogP) is 0.785. The summed E-state index contributed by atoms with van der Waals surface area (Å²) < 4.78 is 32.0. The summed E-state index contributed by atoms with van der Waals surface area (Å²) in [5.41, 5.74) is 1.22. The van der Waals surface area contributed by atoms with Gasteiger partial charge in [0.15, 0.2) is 0 Å². The van der Waals surface area contributed by atoms with Crippen LogP contribution in [0.2, 0.25) is 0 Å². The molecule has 2 N–H and O–H groups in total. The number of amides is 1. The number of nitrogens with zero attached hydrogens (tertiary/aromatic N) is 2. The SMILES string of the molecule is CNS(=O)(=O)c1cc(C(=O)N2CCNCC2c2cccnc2)ccc1OC.